The van der Waals surface area contributed by atoms with Crippen LogP contribution in [-0.4, -0.2) is 35.1 Å². The third kappa shape index (κ3) is 4.94. The van der Waals surface area contributed by atoms with Crippen molar-refractivity contribution < 1.29 is 15.3 Å². The molecule has 3 heteroatoms. The van der Waals surface area contributed by atoms with Gasteiger partial charge in [-0.1, -0.05) is 20.8 Å². The molecular weight excluding hydrogens is 180 g/mol. The van der Waals surface area contributed by atoms with E-state index in [0.29, 0.717) is 6.42 Å². The van der Waals surface area contributed by atoms with Crippen LogP contribution in [-0.2, 0) is 0 Å². The fraction of sp³-hybridized carbons (Fsp3) is 1.00. The van der Waals surface area contributed by atoms with E-state index < -0.39 is 5.41 Å². The van der Waals surface area contributed by atoms with Crippen molar-refractivity contribution in [3.8, 4) is 0 Å². The van der Waals surface area contributed by atoms with Crippen LogP contribution in [0.2, 0.25) is 0 Å². The summed E-state index contributed by atoms with van der Waals surface area (Å²) in [6.45, 7) is 6.30. The van der Waals surface area contributed by atoms with E-state index in [1.807, 2.05) is 0 Å². The first-order valence-corrected chi connectivity index (χ1v) is 5.22. The van der Waals surface area contributed by atoms with E-state index in [0.717, 1.165) is 12.8 Å². The molecule has 86 valence electrons. The van der Waals surface area contributed by atoms with Gasteiger partial charge >= 0.3 is 0 Å². The van der Waals surface area contributed by atoms with Crippen molar-refractivity contribution in [3.05, 3.63) is 0 Å². The van der Waals surface area contributed by atoms with Crippen LogP contribution < -0.4 is 0 Å². The summed E-state index contributed by atoms with van der Waals surface area (Å²) in [7, 11) is 0. The summed E-state index contributed by atoms with van der Waals surface area (Å²) < 4.78 is 0. The molecule has 0 radical (unpaired) electrons. The molecular formula is C11H24O3. The van der Waals surface area contributed by atoms with Crippen molar-refractivity contribution in [1.82, 2.24) is 0 Å². The minimum atomic E-state index is -0.498. The Morgan fingerprint density at radius 3 is 1.57 bits per heavy atom. The van der Waals surface area contributed by atoms with Crippen molar-refractivity contribution in [2.45, 2.75) is 40.0 Å². The summed E-state index contributed by atoms with van der Waals surface area (Å²) in [5, 5.41) is 27.3. The van der Waals surface area contributed by atoms with Gasteiger partial charge in [-0.2, -0.15) is 0 Å². The van der Waals surface area contributed by atoms with Gasteiger partial charge in [-0.05, 0) is 24.7 Å². The highest BCUT2D eigenvalue weighted by atomic mass is 16.3. The number of rotatable bonds is 6. The lowest BCUT2D eigenvalue weighted by Crippen LogP contribution is -2.32. The van der Waals surface area contributed by atoms with Gasteiger partial charge in [0.1, 0.15) is 0 Å². The van der Waals surface area contributed by atoms with Gasteiger partial charge in [0.25, 0.3) is 0 Å². The molecule has 0 aromatic heterocycles. The monoisotopic (exact) mass is 204 g/mol. The maximum absolute atomic E-state index is 9.23. The lowest BCUT2D eigenvalue weighted by atomic mass is 9.76. The molecule has 0 fully saturated rings. The predicted octanol–water partition coefficient (Wildman–Crippen LogP) is 1.17. The molecule has 0 saturated heterocycles. The van der Waals surface area contributed by atoms with Crippen molar-refractivity contribution >= 4 is 0 Å². The van der Waals surface area contributed by atoms with Crippen LogP contribution in [0, 0.1) is 10.8 Å². The molecule has 0 amide bonds. The maximum Gasteiger partial charge on any atom is 0.0510 e. The second-order valence-corrected chi connectivity index (χ2v) is 5.35. The van der Waals surface area contributed by atoms with E-state index in [1.165, 1.54) is 0 Å². The van der Waals surface area contributed by atoms with Crippen LogP contribution in [0.1, 0.15) is 40.0 Å². The molecule has 0 atom stereocenters. The Morgan fingerprint density at radius 2 is 1.29 bits per heavy atom. The van der Waals surface area contributed by atoms with Gasteiger partial charge in [0.15, 0.2) is 0 Å². The summed E-state index contributed by atoms with van der Waals surface area (Å²) in [4.78, 5) is 0. The molecule has 0 rings (SSSR count). The fourth-order valence-corrected chi connectivity index (χ4v) is 1.37. The molecule has 0 saturated carbocycles. The summed E-state index contributed by atoms with van der Waals surface area (Å²) in [6, 6.07) is 0. The third-order valence-corrected chi connectivity index (χ3v) is 2.72. The first-order valence-electron chi connectivity index (χ1n) is 5.22. The zero-order valence-electron chi connectivity index (χ0n) is 9.58. The smallest absolute Gasteiger partial charge is 0.0510 e. The Morgan fingerprint density at radius 1 is 0.786 bits per heavy atom. The van der Waals surface area contributed by atoms with E-state index in [2.05, 4.69) is 20.8 Å². The van der Waals surface area contributed by atoms with Gasteiger partial charge in [0.05, 0.1) is 13.2 Å². The SMILES string of the molecule is CC(C)(C)CCC(CO)(CO)CCO. The van der Waals surface area contributed by atoms with Crippen LogP contribution in [0.15, 0.2) is 0 Å². The minimum Gasteiger partial charge on any atom is -0.396 e. The van der Waals surface area contributed by atoms with Crippen molar-refractivity contribution in [2.24, 2.45) is 10.8 Å². The van der Waals surface area contributed by atoms with Gasteiger partial charge in [0, 0.05) is 12.0 Å². The molecule has 0 aliphatic heterocycles. The largest absolute Gasteiger partial charge is 0.396 e. The molecule has 3 nitrogen and oxygen atoms in total. The molecule has 0 aromatic carbocycles. The maximum atomic E-state index is 9.23. The fourth-order valence-electron chi connectivity index (χ4n) is 1.37. The summed E-state index contributed by atoms with van der Waals surface area (Å²) >= 11 is 0. The standard InChI is InChI=1S/C11H24O3/c1-10(2,3)4-5-11(8-13,9-14)6-7-12/h12-14H,4-9H2,1-3H3. The Hall–Kier alpha value is -0.120. The van der Waals surface area contributed by atoms with Crippen LogP contribution >= 0.6 is 0 Å². The zero-order chi connectivity index (χ0) is 11.2. The molecule has 0 aliphatic rings. The van der Waals surface area contributed by atoms with Gasteiger partial charge in [-0.15, -0.1) is 0 Å². The van der Waals surface area contributed by atoms with Gasteiger partial charge < -0.3 is 15.3 Å². The first-order chi connectivity index (χ1) is 6.39. The molecule has 0 aromatic rings. The van der Waals surface area contributed by atoms with Crippen LogP contribution in [0.4, 0.5) is 0 Å². The Bertz CT molecular complexity index is 145. The highest BCUT2D eigenvalue weighted by molar-refractivity contribution is 4.79. The van der Waals surface area contributed by atoms with E-state index in [1.54, 1.807) is 0 Å². The minimum absolute atomic E-state index is 0.0191. The number of aliphatic hydroxyl groups is 3. The zero-order valence-corrected chi connectivity index (χ0v) is 9.58. The molecule has 0 aliphatic carbocycles. The molecule has 0 heterocycles. The lowest BCUT2D eigenvalue weighted by Gasteiger charge is -2.32. The molecule has 0 bridgehead atoms. The first kappa shape index (κ1) is 13.9. The average molecular weight is 204 g/mol. The van der Waals surface area contributed by atoms with Gasteiger partial charge in [0.2, 0.25) is 0 Å². The van der Waals surface area contributed by atoms with E-state index in [4.69, 9.17) is 5.11 Å². The normalized spacial score (nSPS) is 13.3. The second-order valence-electron chi connectivity index (χ2n) is 5.35. The van der Waals surface area contributed by atoms with E-state index >= 15 is 0 Å². The quantitative estimate of drug-likeness (QED) is 0.608. The number of aliphatic hydroxyl groups excluding tert-OH is 3. The van der Waals surface area contributed by atoms with Crippen molar-refractivity contribution in [3.63, 3.8) is 0 Å². The van der Waals surface area contributed by atoms with Crippen molar-refractivity contribution in [1.29, 1.82) is 0 Å². The summed E-state index contributed by atoms with van der Waals surface area (Å²) in [5.41, 5.74) is -0.299. The van der Waals surface area contributed by atoms with Gasteiger partial charge in [-0.3, -0.25) is 0 Å². The lowest BCUT2D eigenvalue weighted by molar-refractivity contribution is 0.0176. The number of hydrogen-bond donors (Lipinski definition) is 3. The second kappa shape index (κ2) is 5.69. The molecule has 0 spiro atoms. The van der Waals surface area contributed by atoms with Crippen molar-refractivity contribution in [2.75, 3.05) is 19.8 Å². The Labute approximate surface area is 86.8 Å². The predicted molar refractivity (Wildman–Crippen MR) is 57.0 cm³/mol. The van der Waals surface area contributed by atoms with Crippen LogP contribution in [0.25, 0.3) is 0 Å². The van der Waals surface area contributed by atoms with Gasteiger partial charge in [-0.25, -0.2) is 0 Å². The topological polar surface area (TPSA) is 60.7 Å². The molecule has 3 N–H and O–H groups in total. The third-order valence-electron chi connectivity index (χ3n) is 2.72. The van der Waals surface area contributed by atoms with Crippen LogP contribution in [0.5, 0.6) is 0 Å². The Kier molecular flexibility index (Phi) is 5.64. The molecule has 0 unspecified atom stereocenters. The summed E-state index contributed by atoms with van der Waals surface area (Å²) in [6.07, 6.45) is 2.16. The number of hydrogen-bond acceptors (Lipinski definition) is 3. The summed E-state index contributed by atoms with van der Waals surface area (Å²) in [5.74, 6) is 0. The van der Waals surface area contributed by atoms with Crippen LogP contribution in [0.3, 0.4) is 0 Å². The molecule has 14 heavy (non-hydrogen) atoms. The van der Waals surface area contributed by atoms with E-state index in [-0.39, 0.29) is 25.2 Å². The highest BCUT2D eigenvalue weighted by Gasteiger charge is 2.29. The average Bonchev–Trinajstić information content (AvgIpc) is 2.11. The highest BCUT2D eigenvalue weighted by Crippen LogP contribution is 2.32. The Balaban J connectivity index is 4.21. The van der Waals surface area contributed by atoms with E-state index in [9.17, 15) is 10.2 Å².